The van der Waals surface area contributed by atoms with E-state index in [0.717, 1.165) is 4.47 Å². The van der Waals surface area contributed by atoms with Crippen LogP contribution in [0, 0.1) is 0 Å². The maximum atomic E-state index is 12.5. The molecular formula is C14H16BrNO4. The first-order valence-corrected chi connectivity index (χ1v) is 7.11. The molecule has 2 rings (SSSR count). The van der Waals surface area contributed by atoms with E-state index in [1.54, 1.807) is 30.2 Å². The number of carbonyl (C=O) groups is 2. The van der Waals surface area contributed by atoms with Gasteiger partial charge in [-0.15, -0.1) is 0 Å². The van der Waals surface area contributed by atoms with Crippen molar-refractivity contribution < 1.29 is 19.4 Å². The Balaban J connectivity index is 2.19. The number of hydrogen-bond donors (Lipinski definition) is 1. The summed E-state index contributed by atoms with van der Waals surface area (Å²) in [5.74, 6) is -1.06. The second kappa shape index (κ2) is 6.37. The molecule has 0 saturated carbocycles. The predicted octanol–water partition coefficient (Wildman–Crippen LogP) is 2.15. The fraction of sp³-hybridized carbons (Fsp3) is 0.429. The van der Waals surface area contributed by atoms with Crippen molar-refractivity contribution in [2.45, 2.75) is 25.0 Å². The number of aliphatic carboxylic acids is 1. The highest BCUT2D eigenvalue weighted by Gasteiger charge is 2.36. The second-order valence-electron chi connectivity index (χ2n) is 4.81. The van der Waals surface area contributed by atoms with E-state index in [9.17, 15) is 9.59 Å². The Kier molecular flexibility index (Phi) is 4.77. The van der Waals surface area contributed by atoms with E-state index in [0.29, 0.717) is 18.5 Å². The molecule has 1 heterocycles. The Labute approximate surface area is 125 Å². The standard InChI is InChI=1S/C14H16BrNO4/c1-20-12-6-11(7-13(17)18)16(8-12)14(19)9-3-2-4-10(15)5-9/h2-5,11-12H,6-8H2,1H3,(H,17,18). The molecule has 1 saturated heterocycles. The van der Waals surface area contributed by atoms with E-state index in [1.807, 2.05) is 6.07 Å². The molecular weight excluding hydrogens is 326 g/mol. The molecule has 0 bridgehead atoms. The maximum Gasteiger partial charge on any atom is 0.305 e. The molecule has 2 atom stereocenters. The van der Waals surface area contributed by atoms with Crippen LogP contribution in [-0.2, 0) is 9.53 Å². The minimum atomic E-state index is -0.904. The van der Waals surface area contributed by atoms with Crippen molar-refractivity contribution in [1.29, 1.82) is 0 Å². The number of carboxylic acid groups (broad SMARTS) is 1. The molecule has 1 aromatic carbocycles. The van der Waals surface area contributed by atoms with Gasteiger partial charge in [-0.25, -0.2) is 0 Å². The van der Waals surface area contributed by atoms with E-state index in [4.69, 9.17) is 9.84 Å². The smallest absolute Gasteiger partial charge is 0.305 e. The topological polar surface area (TPSA) is 66.8 Å². The Morgan fingerprint density at radius 3 is 2.85 bits per heavy atom. The average molecular weight is 342 g/mol. The lowest BCUT2D eigenvalue weighted by Crippen LogP contribution is -2.37. The predicted molar refractivity (Wildman–Crippen MR) is 76.6 cm³/mol. The molecule has 1 amide bonds. The SMILES string of the molecule is COC1CC(CC(=O)O)N(C(=O)c2cccc(Br)c2)C1. The number of rotatable bonds is 4. The van der Waals surface area contributed by atoms with Crippen LogP contribution in [0.15, 0.2) is 28.7 Å². The lowest BCUT2D eigenvalue weighted by Gasteiger charge is -2.23. The Morgan fingerprint density at radius 1 is 1.50 bits per heavy atom. The van der Waals surface area contributed by atoms with Gasteiger partial charge in [-0.05, 0) is 24.6 Å². The number of carboxylic acids is 1. The van der Waals surface area contributed by atoms with Crippen molar-refractivity contribution in [1.82, 2.24) is 4.90 Å². The van der Waals surface area contributed by atoms with Crippen molar-refractivity contribution in [2.24, 2.45) is 0 Å². The van der Waals surface area contributed by atoms with Gasteiger partial charge >= 0.3 is 5.97 Å². The largest absolute Gasteiger partial charge is 0.481 e. The molecule has 0 aliphatic carbocycles. The quantitative estimate of drug-likeness (QED) is 0.911. The van der Waals surface area contributed by atoms with Crippen molar-refractivity contribution in [2.75, 3.05) is 13.7 Å². The van der Waals surface area contributed by atoms with E-state index >= 15 is 0 Å². The molecule has 2 unspecified atom stereocenters. The van der Waals surface area contributed by atoms with Gasteiger partial charge in [0.05, 0.1) is 12.5 Å². The van der Waals surface area contributed by atoms with Gasteiger partial charge in [0.25, 0.3) is 5.91 Å². The summed E-state index contributed by atoms with van der Waals surface area (Å²) < 4.78 is 6.09. The number of amides is 1. The Bertz CT molecular complexity index is 520. The molecule has 20 heavy (non-hydrogen) atoms. The van der Waals surface area contributed by atoms with E-state index in [1.165, 1.54) is 0 Å². The van der Waals surface area contributed by atoms with Crippen molar-refractivity contribution >= 4 is 27.8 Å². The Hall–Kier alpha value is -1.40. The first-order valence-electron chi connectivity index (χ1n) is 6.32. The summed E-state index contributed by atoms with van der Waals surface area (Å²) in [5, 5.41) is 8.96. The molecule has 1 aliphatic heterocycles. The third kappa shape index (κ3) is 3.37. The van der Waals surface area contributed by atoms with Gasteiger partial charge in [-0.3, -0.25) is 9.59 Å². The van der Waals surface area contributed by atoms with Gasteiger partial charge in [-0.1, -0.05) is 22.0 Å². The highest BCUT2D eigenvalue weighted by Crippen LogP contribution is 2.25. The van der Waals surface area contributed by atoms with Gasteiger partial charge in [0.15, 0.2) is 0 Å². The number of hydrogen-bond acceptors (Lipinski definition) is 3. The number of benzene rings is 1. The summed E-state index contributed by atoms with van der Waals surface area (Å²) in [4.78, 5) is 25.0. The fourth-order valence-electron chi connectivity index (χ4n) is 2.48. The first kappa shape index (κ1) is 15.0. The first-order chi connectivity index (χ1) is 9.51. The molecule has 0 aromatic heterocycles. The molecule has 108 valence electrons. The zero-order chi connectivity index (χ0) is 14.7. The van der Waals surface area contributed by atoms with Gasteiger partial charge in [-0.2, -0.15) is 0 Å². The van der Waals surface area contributed by atoms with Gasteiger partial charge in [0.2, 0.25) is 0 Å². The van der Waals surface area contributed by atoms with Crippen LogP contribution in [0.1, 0.15) is 23.2 Å². The van der Waals surface area contributed by atoms with Crippen LogP contribution in [0.25, 0.3) is 0 Å². The number of halogens is 1. The van der Waals surface area contributed by atoms with E-state index < -0.39 is 5.97 Å². The number of nitrogens with zero attached hydrogens (tertiary/aromatic N) is 1. The molecule has 1 aromatic rings. The van der Waals surface area contributed by atoms with Crippen LogP contribution >= 0.6 is 15.9 Å². The number of likely N-dealkylation sites (tertiary alicyclic amines) is 1. The maximum absolute atomic E-state index is 12.5. The molecule has 5 nitrogen and oxygen atoms in total. The molecule has 0 spiro atoms. The van der Waals surface area contributed by atoms with Crippen molar-refractivity contribution in [3.05, 3.63) is 34.3 Å². The lowest BCUT2D eigenvalue weighted by atomic mass is 10.1. The minimum absolute atomic E-state index is 0.0559. The number of carbonyl (C=O) groups excluding carboxylic acids is 1. The van der Waals surface area contributed by atoms with Crippen molar-refractivity contribution in [3.63, 3.8) is 0 Å². The molecule has 1 N–H and O–H groups in total. The fourth-order valence-corrected chi connectivity index (χ4v) is 2.87. The third-order valence-corrected chi connectivity index (χ3v) is 3.95. The van der Waals surface area contributed by atoms with Crippen LogP contribution in [0.3, 0.4) is 0 Å². The van der Waals surface area contributed by atoms with Gasteiger partial charge < -0.3 is 14.7 Å². The summed E-state index contributed by atoms with van der Waals surface area (Å²) in [6.07, 6.45) is 0.401. The van der Waals surface area contributed by atoms with E-state index in [2.05, 4.69) is 15.9 Å². The normalized spacial score (nSPS) is 22.0. The van der Waals surface area contributed by atoms with Gasteiger partial charge in [0, 0.05) is 29.7 Å². The van der Waals surface area contributed by atoms with Crippen LogP contribution in [0.5, 0.6) is 0 Å². The van der Waals surface area contributed by atoms with Crippen LogP contribution in [0.4, 0.5) is 0 Å². The molecule has 6 heteroatoms. The molecule has 1 aliphatic rings. The second-order valence-corrected chi connectivity index (χ2v) is 5.73. The van der Waals surface area contributed by atoms with Crippen molar-refractivity contribution in [3.8, 4) is 0 Å². The zero-order valence-electron chi connectivity index (χ0n) is 11.1. The van der Waals surface area contributed by atoms with E-state index in [-0.39, 0.29) is 24.5 Å². The summed E-state index contributed by atoms with van der Waals surface area (Å²) in [6, 6.07) is 6.77. The lowest BCUT2D eigenvalue weighted by molar-refractivity contribution is -0.137. The van der Waals surface area contributed by atoms with Crippen LogP contribution < -0.4 is 0 Å². The number of ether oxygens (including phenoxy) is 1. The summed E-state index contributed by atoms with van der Waals surface area (Å²) >= 11 is 3.33. The van der Waals surface area contributed by atoms with Gasteiger partial charge in [0.1, 0.15) is 0 Å². The summed E-state index contributed by atoms with van der Waals surface area (Å²) in [5.41, 5.74) is 0.548. The number of methoxy groups -OCH3 is 1. The van der Waals surface area contributed by atoms with Crippen LogP contribution in [-0.4, -0.2) is 47.7 Å². The monoisotopic (exact) mass is 341 g/mol. The summed E-state index contributed by atoms with van der Waals surface area (Å²) in [7, 11) is 1.58. The third-order valence-electron chi connectivity index (χ3n) is 3.45. The highest BCUT2D eigenvalue weighted by molar-refractivity contribution is 9.10. The molecule has 0 radical (unpaired) electrons. The molecule has 1 fully saturated rings. The summed E-state index contributed by atoms with van der Waals surface area (Å²) in [6.45, 7) is 0.430. The average Bonchev–Trinajstić information content (AvgIpc) is 2.80. The Morgan fingerprint density at radius 2 is 2.25 bits per heavy atom. The zero-order valence-corrected chi connectivity index (χ0v) is 12.7. The minimum Gasteiger partial charge on any atom is -0.481 e. The highest BCUT2D eigenvalue weighted by atomic mass is 79.9. The van der Waals surface area contributed by atoms with Crippen LogP contribution in [0.2, 0.25) is 0 Å².